The van der Waals surface area contributed by atoms with E-state index in [1.165, 1.54) is 18.6 Å². The third-order valence-electron chi connectivity index (χ3n) is 4.96. The first kappa shape index (κ1) is 17.1. The number of benzene rings is 1. The van der Waals surface area contributed by atoms with Crippen molar-refractivity contribution in [1.82, 2.24) is 15.5 Å². The molecule has 1 aromatic rings. The van der Waals surface area contributed by atoms with E-state index in [1.807, 2.05) is 6.92 Å². The minimum absolute atomic E-state index is 0.122. The molecule has 0 saturated carbocycles. The zero-order chi connectivity index (χ0) is 17.1. The second kappa shape index (κ2) is 7.47. The van der Waals surface area contributed by atoms with Gasteiger partial charge >= 0.3 is 0 Å². The van der Waals surface area contributed by atoms with E-state index in [2.05, 4.69) is 15.5 Å². The molecule has 3 rings (SSSR count). The van der Waals surface area contributed by atoms with Gasteiger partial charge in [0.25, 0.3) is 5.91 Å². The lowest BCUT2D eigenvalue weighted by Crippen LogP contribution is -2.60. The van der Waals surface area contributed by atoms with Crippen molar-refractivity contribution in [2.24, 2.45) is 0 Å². The molecule has 1 unspecified atom stereocenters. The van der Waals surface area contributed by atoms with Gasteiger partial charge < -0.3 is 15.5 Å². The molecule has 2 aliphatic heterocycles. The molecule has 6 heteroatoms. The third-order valence-corrected chi connectivity index (χ3v) is 5.31. The van der Waals surface area contributed by atoms with Gasteiger partial charge in [0.15, 0.2) is 5.11 Å². The van der Waals surface area contributed by atoms with Crippen LogP contribution in [-0.2, 0) is 0 Å². The fourth-order valence-electron chi connectivity index (χ4n) is 3.97. The summed E-state index contributed by atoms with van der Waals surface area (Å²) < 4.78 is 13.3. The van der Waals surface area contributed by atoms with Gasteiger partial charge in [0.1, 0.15) is 5.82 Å². The number of thiocarbonyl (C=S) groups is 1. The van der Waals surface area contributed by atoms with Gasteiger partial charge in [0.2, 0.25) is 0 Å². The quantitative estimate of drug-likeness (QED) is 0.824. The highest BCUT2D eigenvalue weighted by molar-refractivity contribution is 7.80. The first-order valence-corrected chi connectivity index (χ1v) is 9.12. The number of hydrogen-bond donors (Lipinski definition) is 2. The number of nitrogens with zero attached hydrogens (tertiary/aromatic N) is 1. The van der Waals surface area contributed by atoms with Crippen LogP contribution in [-0.4, -0.2) is 40.6 Å². The van der Waals surface area contributed by atoms with Gasteiger partial charge in [-0.3, -0.25) is 4.79 Å². The van der Waals surface area contributed by atoms with E-state index in [0.717, 1.165) is 37.3 Å². The summed E-state index contributed by atoms with van der Waals surface area (Å²) in [6.07, 6.45) is 5.21. The second-order valence-corrected chi connectivity index (χ2v) is 7.02. The zero-order valence-electron chi connectivity index (χ0n) is 13.9. The van der Waals surface area contributed by atoms with Crippen molar-refractivity contribution in [2.75, 3.05) is 6.54 Å². The predicted octanol–water partition coefficient (Wildman–Crippen LogP) is 2.84. The van der Waals surface area contributed by atoms with Crippen molar-refractivity contribution in [1.29, 1.82) is 0 Å². The van der Waals surface area contributed by atoms with Crippen LogP contribution >= 0.6 is 12.2 Å². The maximum Gasteiger partial charge on any atom is 0.251 e. The fourth-order valence-corrected chi connectivity index (χ4v) is 4.41. The molecule has 4 nitrogen and oxygen atoms in total. The molecule has 2 N–H and O–H groups in total. The fraction of sp³-hybridized carbons (Fsp3) is 0.556. The number of halogens is 1. The van der Waals surface area contributed by atoms with Gasteiger partial charge in [0, 0.05) is 30.2 Å². The Bertz CT molecular complexity index is 610. The number of piperidine rings is 2. The molecule has 2 fully saturated rings. The van der Waals surface area contributed by atoms with Crippen molar-refractivity contribution >= 4 is 23.2 Å². The van der Waals surface area contributed by atoms with Crippen molar-refractivity contribution in [3.05, 3.63) is 35.6 Å². The van der Waals surface area contributed by atoms with Crippen LogP contribution in [0.15, 0.2) is 24.3 Å². The molecule has 2 saturated heterocycles. The topological polar surface area (TPSA) is 44.4 Å². The minimum atomic E-state index is -0.384. The normalized spacial score (nSPS) is 25.9. The number of nitrogens with one attached hydrogen (secondary N) is 2. The molecule has 3 atom stereocenters. The number of hydrogen-bond acceptors (Lipinski definition) is 2. The summed E-state index contributed by atoms with van der Waals surface area (Å²) in [5, 5.41) is 7.18. The van der Waals surface area contributed by atoms with E-state index in [9.17, 15) is 9.18 Å². The average molecular weight is 349 g/mol. The summed E-state index contributed by atoms with van der Waals surface area (Å²) >= 11 is 5.53. The SMILES string of the molecule is CCNC(=S)N1[C@@H]2CCC[C@H]1CC(NC(=O)c1cccc(F)c1)C2. The van der Waals surface area contributed by atoms with E-state index >= 15 is 0 Å². The Morgan fingerprint density at radius 3 is 2.67 bits per heavy atom. The summed E-state index contributed by atoms with van der Waals surface area (Å²) in [5.74, 6) is -0.578. The smallest absolute Gasteiger partial charge is 0.251 e. The molecule has 0 radical (unpaired) electrons. The van der Waals surface area contributed by atoms with E-state index in [1.54, 1.807) is 12.1 Å². The van der Waals surface area contributed by atoms with Gasteiger partial charge in [-0.25, -0.2) is 4.39 Å². The van der Waals surface area contributed by atoms with Gasteiger partial charge in [-0.2, -0.15) is 0 Å². The third kappa shape index (κ3) is 3.69. The summed E-state index contributed by atoms with van der Waals surface area (Å²) in [5.41, 5.74) is 0.380. The summed E-state index contributed by atoms with van der Waals surface area (Å²) in [6.45, 7) is 2.88. The molecule has 24 heavy (non-hydrogen) atoms. The van der Waals surface area contributed by atoms with Crippen LogP contribution in [0.4, 0.5) is 4.39 Å². The maximum absolute atomic E-state index is 13.3. The van der Waals surface area contributed by atoms with Crippen molar-refractivity contribution in [2.45, 2.75) is 57.2 Å². The number of carbonyl (C=O) groups excluding carboxylic acids is 1. The molecule has 2 heterocycles. The molecule has 130 valence electrons. The van der Waals surface area contributed by atoms with Crippen LogP contribution in [0.2, 0.25) is 0 Å². The number of amides is 1. The molecule has 2 aliphatic rings. The molecule has 1 amide bonds. The van der Waals surface area contributed by atoms with Crippen molar-refractivity contribution in [3.8, 4) is 0 Å². The van der Waals surface area contributed by atoms with Crippen LogP contribution in [0.1, 0.15) is 49.4 Å². The predicted molar refractivity (Wildman–Crippen MR) is 96.4 cm³/mol. The van der Waals surface area contributed by atoms with E-state index in [4.69, 9.17) is 12.2 Å². The highest BCUT2D eigenvalue weighted by Gasteiger charge is 2.39. The first-order chi connectivity index (χ1) is 11.6. The lowest BCUT2D eigenvalue weighted by Gasteiger charge is -2.50. The summed E-state index contributed by atoms with van der Waals surface area (Å²) in [6, 6.07) is 6.72. The number of carbonyl (C=O) groups is 1. The lowest BCUT2D eigenvalue weighted by molar-refractivity contribution is 0.0740. The average Bonchev–Trinajstić information content (AvgIpc) is 2.54. The summed E-state index contributed by atoms with van der Waals surface area (Å²) in [4.78, 5) is 14.7. The molecule has 1 aromatic carbocycles. The van der Waals surface area contributed by atoms with Gasteiger partial charge in [0.05, 0.1) is 0 Å². The maximum atomic E-state index is 13.3. The molecule has 0 aliphatic carbocycles. The van der Waals surface area contributed by atoms with E-state index in [-0.39, 0.29) is 17.8 Å². The van der Waals surface area contributed by atoms with Gasteiger partial charge in [-0.15, -0.1) is 0 Å². The van der Waals surface area contributed by atoms with E-state index in [0.29, 0.717) is 17.6 Å². The lowest BCUT2D eigenvalue weighted by atomic mass is 9.82. The Hall–Kier alpha value is -1.69. The Kier molecular flexibility index (Phi) is 5.33. The van der Waals surface area contributed by atoms with Gasteiger partial charge in [-0.1, -0.05) is 6.07 Å². The Morgan fingerprint density at radius 1 is 1.33 bits per heavy atom. The molecule has 0 aromatic heterocycles. The van der Waals surface area contributed by atoms with Crippen LogP contribution in [0, 0.1) is 5.82 Å². The number of fused-ring (bicyclic) bond motifs is 2. The minimum Gasteiger partial charge on any atom is -0.363 e. The van der Waals surface area contributed by atoms with E-state index < -0.39 is 0 Å². The Labute approximate surface area is 147 Å². The van der Waals surface area contributed by atoms with Crippen molar-refractivity contribution in [3.63, 3.8) is 0 Å². The molecule has 0 spiro atoms. The van der Waals surface area contributed by atoms with Crippen molar-refractivity contribution < 1.29 is 9.18 Å². The second-order valence-electron chi connectivity index (χ2n) is 6.63. The Morgan fingerprint density at radius 2 is 2.04 bits per heavy atom. The Balaban J connectivity index is 1.65. The van der Waals surface area contributed by atoms with Crippen LogP contribution in [0.5, 0.6) is 0 Å². The van der Waals surface area contributed by atoms with Crippen LogP contribution < -0.4 is 10.6 Å². The monoisotopic (exact) mass is 349 g/mol. The number of rotatable bonds is 3. The standard InChI is InChI=1S/C18H24FN3OS/c1-2-20-18(24)22-15-7-4-8-16(22)11-14(10-15)21-17(23)12-5-3-6-13(19)9-12/h3,5-6,9,14-16H,2,4,7-8,10-11H2,1H3,(H,20,24)(H,21,23)/t14?,15-,16+. The summed E-state index contributed by atoms with van der Waals surface area (Å²) in [7, 11) is 0. The van der Waals surface area contributed by atoms with Gasteiger partial charge in [-0.05, 0) is 69.4 Å². The van der Waals surface area contributed by atoms with Crippen LogP contribution in [0.3, 0.4) is 0 Å². The largest absolute Gasteiger partial charge is 0.363 e. The molecular weight excluding hydrogens is 325 g/mol. The first-order valence-electron chi connectivity index (χ1n) is 8.71. The molecular formula is C18H24FN3OS. The highest BCUT2D eigenvalue weighted by Crippen LogP contribution is 2.34. The zero-order valence-corrected chi connectivity index (χ0v) is 14.7. The van der Waals surface area contributed by atoms with Crippen LogP contribution in [0.25, 0.3) is 0 Å². The highest BCUT2D eigenvalue weighted by atomic mass is 32.1. The molecule has 2 bridgehead atoms.